The molecule has 1 aromatic heterocycles. The average Bonchev–Trinajstić information content (AvgIpc) is 2.63. The first-order valence-corrected chi connectivity index (χ1v) is 10.2. The van der Waals surface area contributed by atoms with Crippen LogP contribution in [0.3, 0.4) is 0 Å². The zero-order valence-corrected chi connectivity index (χ0v) is 15.8. The molecule has 1 N–H and O–H groups in total. The van der Waals surface area contributed by atoms with E-state index in [9.17, 15) is 13.2 Å². The minimum atomic E-state index is -3.50. The molecule has 1 aliphatic heterocycles. The van der Waals surface area contributed by atoms with Crippen molar-refractivity contribution in [3.05, 3.63) is 58.8 Å². The summed E-state index contributed by atoms with van der Waals surface area (Å²) in [5.41, 5.74) is 0.368. The Balaban J connectivity index is 1.60. The summed E-state index contributed by atoms with van der Waals surface area (Å²) in [5, 5.41) is 2.93. The van der Waals surface area contributed by atoms with Gasteiger partial charge in [0.2, 0.25) is 10.0 Å². The van der Waals surface area contributed by atoms with E-state index in [-0.39, 0.29) is 16.8 Å². The SMILES string of the molecule is O=C(NC1CCN(S(=O)(=O)c2ccc(Br)cc2)CC1)c1ccccn1. The molecule has 3 rings (SSSR count). The molecule has 25 heavy (non-hydrogen) atoms. The van der Waals surface area contributed by atoms with Crippen molar-refractivity contribution in [2.24, 2.45) is 0 Å². The number of hydrogen-bond acceptors (Lipinski definition) is 4. The zero-order chi connectivity index (χ0) is 17.9. The van der Waals surface area contributed by atoms with Gasteiger partial charge in [0.25, 0.3) is 5.91 Å². The molecule has 1 fully saturated rings. The van der Waals surface area contributed by atoms with Crippen LogP contribution in [0.15, 0.2) is 58.0 Å². The highest BCUT2D eigenvalue weighted by atomic mass is 79.9. The number of hydrogen-bond donors (Lipinski definition) is 1. The molecule has 0 unspecified atom stereocenters. The highest BCUT2D eigenvalue weighted by molar-refractivity contribution is 9.10. The van der Waals surface area contributed by atoms with Crippen molar-refractivity contribution in [1.82, 2.24) is 14.6 Å². The Morgan fingerprint density at radius 1 is 1.12 bits per heavy atom. The van der Waals surface area contributed by atoms with Gasteiger partial charge >= 0.3 is 0 Å². The van der Waals surface area contributed by atoms with Crippen molar-refractivity contribution < 1.29 is 13.2 Å². The van der Waals surface area contributed by atoms with Gasteiger partial charge in [0, 0.05) is 29.8 Å². The van der Waals surface area contributed by atoms with Crippen LogP contribution < -0.4 is 5.32 Å². The Hall–Kier alpha value is -1.77. The number of piperidine rings is 1. The van der Waals surface area contributed by atoms with Gasteiger partial charge < -0.3 is 5.32 Å². The zero-order valence-electron chi connectivity index (χ0n) is 13.4. The first-order chi connectivity index (χ1) is 12.0. The van der Waals surface area contributed by atoms with Crippen LogP contribution in [0.4, 0.5) is 0 Å². The van der Waals surface area contributed by atoms with Crippen LogP contribution in [0.5, 0.6) is 0 Å². The average molecular weight is 424 g/mol. The lowest BCUT2D eigenvalue weighted by atomic mass is 10.1. The van der Waals surface area contributed by atoms with E-state index in [1.54, 1.807) is 48.7 Å². The predicted octanol–water partition coefficient (Wildman–Crippen LogP) is 2.43. The molecular weight excluding hydrogens is 406 g/mol. The smallest absolute Gasteiger partial charge is 0.270 e. The molecule has 0 radical (unpaired) electrons. The monoisotopic (exact) mass is 423 g/mol. The number of pyridine rings is 1. The van der Waals surface area contributed by atoms with E-state index in [2.05, 4.69) is 26.2 Å². The number of benzene rings is 1. The number of carbonyl (C=O) groups excluding carboxylic acids is 1. The Kier molecular flexibility index (Phi) is 5.51. The Labute approximate surface area is 155 Å². The van der Waals surface area contributed by atoms with Crippen LogP contribution in [-0.4, -0.2) is 42.7 Å². The van der Waals surface area contributed by atoms with Crippen LogP contribution in [0.2, 0.25) is 0 Å². The normalized spacial score (nSPS) is 16.5. The second kappa shape index (κ2) is 7.63. The van der Waals surface area contributed by atoms with Crippen molar-refractivity contribution in [2.75, 3.05) is 13.1 Å². The number of rotatable bonds is 4. The van der Waals surface area contributed by atoms with E-state index in [0.29, 0.717) is 31.6 Å². The van der Waals surface area contributed by atoms with E-state index in [0.717, 1.165) is 4.47 Å². The quantitative estimate of drug-likeness (QED) is 0.818. The summed E-state index contributed by atoms with van der Waals surface area (Å²) in [7, 11) is -3.50. The Morgan fingerprint density at radius 3 is 2.40 bits per heavy atom. The van der Waals surface area contributed by atoms with Crippen molar-refractivity contribution >= 4 is 31.9 Å². The molecule has 1 aromatic carbocycles. The predicted molar refractivity (Wildman–Crippen MR) is 97.6 cm³/mol. The molecule has 0 bridgehead atoms. The molecule has 0 aliphatic carbocycles. The summed E-state index contributed by atoms with van der Waals surface area (Å²) in [6.07, 6.45) is 2.73. The third-order valence-corrected chi connectivity index (χ3v) is 6.58. The van der Waals surface area contributed by atoms with Gasteiger partial charge in [-0.3, -0.25) is 9.78 Å². The number of halogens is 1. The maximum atomic E-state index is 12.7. The molecule has 8 heteroatoms. The molecule has 6 nitrogen and oxygen atoms in total. The van der Waals surface area contributed by atoms with E-state index in [1.807, 2.05) is 0 Å². The Morgan fingerprint density at radius 2 is 1.80 bits per heavy atom. The molecule has 132 valence electrons. The van der Waals surface area contributed by atoms with Gasteiger partial charge in [-0.1, -0.05) is 22.0 Å². The number of aromatic nitrogens is 1. The van der Waals surface area contributed by atoms with Crippen LogP contribution in [0, 0.1) is 0 Å². The minimum absolute atomic E-state index is 0.0501. The molecule has 1 saturated heterocycles. The summed E-state index contributed by atoms with van der Waals surface area (Å²) in [6, 6.07) is 11.7. The molecular formula is C17H18BrN3O3S. The first kappa shape index (κ1) is 18.0. The number of nitrogens with zero attached hydrogens (tertiary/aromatic N) is 2. The highest BCUT2D eigenvalue weighted by Gasteiger charge is 2.30. The van der Waals surface area contributed by atoms with Gasteiger partial charge in [0.15, 0.2) is 0 Å². The molecule has 1 aliphatic rings. The summed E-state index contributed by atoms with van der Waals surface area (Å²) in [6.45, 7) is 0.761. The summed E-state index contributed by atoms with van der Waals surface area (Å²) in [4.78, 5) is 16.4. The fraction of sp³-hybridized carbons (Fsp3) is 0.294. The lowest BCUT2D eigenvalue weighted by Gasteiger charge is -2.31. The topological polar surface area (TPSA) is 79.4 Å². The van der Waals surface area contributed by atoms with Crippen LogP contribution in [0.1, 0.15) is 23.3 Å². The van der Waals surface area contributed by atoms with Gasteiger partial charge in [0.1, 0.15) is 5.69 Å². The van der Waals surface area contributed by atoms with E-state index < -0.39 is 10.0 Å². The van der Waals surface area contributed by atoms with Crippen LogP contribution in [-0.2, 0) is 10.0 Å². The summed E-state index contributed by atoms with van der Waals surface area (Å²) < 4.78 is 27.6. The lowest BCUT2D eigenvalue weighted by Crippen LogP contribution is -2.46. The number of carbonyl (C=O) groups is 1. The number of sulfonamides is 1. The molecule has 2 heterocycles. The van der Waals surface area contributed by atoms with Gasteiger partial charge in [-0.25, -0.2) is 8.42 Å². The van der Waals surface area contributed by atoms with Crippen LogP contribution >= 0.6 is 15.9 Å². The second-order valence-corrected chi connectivity index (χ2v) is 8.67. The van der Waals surface area contributed by atoms with Crippen molar-refractivity contribution in [3.63, 3.8) is 0 Å². The maximum Gasteiger partial charge on any atom is 0.270 e. The largest absolute Gasteiger partial charge is 0.348 e. The fourth-order valence-corrected chi connectivity index (χ4v) is 4.49. The second-order valence-electron chi connectivity index (χ2n) is 5.82. The van der Waals surface area contributed by atoms with Gasteiger partial charge in [-0.2, -0.15) is 4.31 Å². The summed E-state index contributed by atoms with van der Waals surface area (Å²) >= 11 is 3.30. The third-order valence-electron chi connectivity index (χ3n) is 4.14. The highest BCUT2D eigenvalue weighted by Crippen LogP contribution is 2.22. The van der Waals surface area contributed by atoms with E-state index >= 15 is 0 Å². The summed E-state index contributed by atoms with van der Waals surface area (Å²) in [5.74, 6) is -0.227. The van der Waals surface area contributed by atoms with Crippen molar-refractivity contribution in [3.8, 4) is 0 Å². The van der Waals surface area contributed by atoms with E-state index in [1.165, 1.54) is 4.31 Å². The molecule has 0 spiro atoms. The first-order valence-electron chi connectivity index (χ1n) is 7.94. The molecule has 0 saturated carbocycles. The molecule has 1 amide bonds. The third kappa shape index (κ3) is 4.26. The van der Waals surface area contributed by atoms with Gasteiger partial charge in [-0.15, -0.1) is 0 Å². The fourth-order valence-electron chi connectivity index (χ4n) is 2.75. The maximum absolute atomic E-state index is 12.7. The Bertz CT molecular complexity index is 833. The lowest BCUT2D eigenvalue weighted by molar-refractivity contribution is 0.0919. The van der Waals surface area contributed by atoms with Crippen LogP contribution in [0.25, 0.3) is 0 Å². The minimum Gasteiger partial charge on any atom is -0.348 e. The molecule has 2 aromatic rings. The van der Waals surface area contributed by atoms with Gasteiger partial charge in [0.05, 0.1) is 4.90 Å². The van der Waals surface area contributed by atoms with Crippen molar-refractivity contribution in [1.29, 1.82) is 0 Å². The van der Waals surface area contributed by atoms with Crippen molar-refractivity contribution in [2.45, 2.75) is 23.8 Å². The standard InChI is InChI=1S/C17H18BrN3O3S/c18-13-4-6-15(7-5-13)25(23,24)21-11-8-14(9-12-21)20-17(22)16-3-1-2-10-19-16/h1-7,10,14H,8-9,11-12H2,(H,20,22). The van der Waals surface area contributed by atoms with E-state index in [4.69, 9.17) is 0 Å². The number of amides is 1. The molecule has 0 atom stereocenters. The van der Waals surface area contributed by atoms with Gasteiger partial charge in [-0.05, 0) is 49.2 Å². The number of nitrogens with one attached hydrogen (secondary N) is 1.